The first kappa shape index (κ1) is 7.53. The van der Waals surface area contributed by atoms with Crippen LogP contribution in [0.5, 0.6) is 0 Å². The van der Waals surface area contributed by atoms with E-state index in [1.807, 2.05) is 0 Å². The first-order valence-electron chi connectivity index (χ1n) is 4.49. The zero-order valence-corrected chi connectivity index (χ0v) is 6.79. The smallest absolute Gasteiger partial charge is 0.148 e. The van der Waals surface area contributed by atoms with E-state index in [0.29, 0.717) is 0 Å². The molecule has 0 aliphatic carbocycles. The van der Waals surface area contributed by atoms with E-state index in [0.717, 1.165) is 13.0 Å². The van der Waals surface area contributed by atoms with Gasteiger partial charge in [-0.2, -0.15) is 0 Å². The Hall–Kier alpha value is -0.120. The van der Waals surface area contributed by atoms with E-state index in [-0.39, 0.29) is 6.23 Å². The normalized spacial score (nSPS) is 34.4. The van der Waals surface area contributed by atoms with Crippen molar-refractivity contribution in [3.8, 4) is 0 Å². The first-order valence-corrected chi connectivity index (χ1v) is 4.49. The average Bonchev–Trinajstić information content (AvgIpc) is 2.58. The van der Waals surface area contributed by atoms with Crippen LogP contribution in [-0.4, -0.2) is 30.8 Å². The van der Waals surface area contributed by atoms with Gasteiger partial charge in [0.25, 0.3) is 0 Å². The molecule has 0 spiro atoms. The van der Waals surface area contributed by atoms with Crippen molar-refractivity contribution in [3.63, 3.8) is 0 Å². The summed E-state index contributed by atoms with van der Waals surface area (Å²) in [6.07, 6.45) is 5.32. The molecule has 1 unspecified atom stereocenters. The Balaban J connectivity index is 1.82. The minimum atomic E-state index is 0.260. The molecule has 0 N–H and O–H groups in total. The number of hydrogen-bond donors (Lipinski definition) is 0. The SMILES string of the molecule is C1CCN(C2CCOO2)CC1. The molecule has 3 heteroatoms. The molecule has 2 heterocycles. The summed E-state index contributed by atoms with van der Waals surface area (Å²) >= 11 is 0. The summed E-state index contributed by atoms with van der Waals surface area (Å²) in [7, 11) is 0. The molecule has 0 saturated carbocycles. The van der Waals surface area contributed by atoms with E-state index in [9.17, 15) is 0 Å². The van der Waals surface area contributed by atoms with Crippen LogP contribution < -0.4 is 0 Å². The average molecular weight is 157 g/mol. The first-order chi connectivity index (χ1) is 5.47. The maximum absolute atomic E-state index is 5.12. The van der Waals surface area contributed by atoms with Gasteiger partial charge in [-0.3, -0.25) is 4.90 Å². The van der Waals surface area contributed by atoms with Gasteiger partial charge in [0.05, 0.1) is 6.61 Å². The molecule has 0 bridgehead atoms. The molecule has 2 aliphatic heterocycles. The molecule has 0 aromatic rings. The lowest BCUT2D eigenvalue weighted by Crippen LogP contribution is -2.38. The fourth-order valence-corrected chi connectivity index (χ4v) is 1.77. The van der Waals surface area contributed by atoms with Crippen molar-refractivity contribution in [3.05, 3.63) is 0 Å². The number of nitrogens with zero attached hydrogens (tertiary/aromatic N) is 1. The van der Waals surface area contributed by atoms with Crippen molar-refractivity contribution in [1.82, 2.24) is 4.90 Å². The third kappa shape index (κ3) is 1.72. The predicted molar refractivity (Wildman–Crippen MR) is 40.9 cm³/mol. The fraction of sp³-hybridized carbons (Fsp3) is 1.00. The van der Waals surface area contributed by atoms with Crippen LogP contribution in [0.25, 0.3) is 0 Å². The third-order valence-electron chi connectivity index (χ3n) is 2.43. The second-order valence-corrected chi connectivity index (χ2v) is 3.26. The van der Waals surface area contributed by atoms with Crippen molar-refractivity contribution in [2.75, 3.05) is 19.7 Å². The third-order valence-corrected chi connectivity index (χ3v) is 2.43. The van der Waals surface area contributed by atoms with Gasteiger partial charge in [0.15, 0.2) is 0 Å². The highest BCUT2D eigenvalue weighted by Crippen LogP contribution is 2.18. The van der Waals surface area contributed by atoms with Gasteiger partial charge in [0.1, 0.15) is 6.23 Å². The van der Waals surface area contributed by atoms with E-state index in [1.165, 1.54) is 32.4 Å². The molecule has 0 radical (unpaired) electrons. The van der Waals surface area contributed by atoms with Crippen LogP contribution in [0.15, 0.2) is 0 Å². The number of rotatable bonds is 1. The highest BCUT2D eigenvalue weighted by Gasteiger charge is 2.25. The molecule has 0 amide bonds. The van der Waals surface area contributed by atoms with Gasteiger partial charge >= 0.3 is 0 Å². The molecule has 1 atom stereocenters. The Morgan fingerprint density at radius 1 is 1.09 bits per heavy atom. The quantitative estimate of drug-likeness (QED) is 0.533. The van der Waals surface area contributed by atoms with Gasteiger partial charge in [0, 0.05) is 19.5 Å². The van der Waals surface area contributed by atoms with Crippen molar-refractivity contribution in [1.29, 1.82) is 0 Å². The highest BCUT2D eigenvalue weighted by atomic mass is 17.2. The van der Waals surface area contributed by atoms with Crippen LogP contribution in [0, 0.1) is 0 Å². The highest BCUT2D eigenvalue weighted by molar-refractivity contribution is 4.69. The standard InChI is InChI=1S/C8H15NO2/c1-2-5-9(6-3-1)8-4-7-10-11-8/h8H,1-7H2. The molecule has 2 saturated heterocycles. The van der Waals surface area contributed by atoms with Crippen LogP contribution in [-0.2, 0) is 9.78 Å². The Morgan fingerprint density at radius 3 is 2.55 bits per heavy atom. The molecular weight excluding hydrogens is 142 g/mol. The van der Waals surface area contributed by atoms with Crippen LogP contribution in [0.1, 0.15) is 25.7 Å². The lowest BCUT2D eigenvalue weighted by Gasteiger charge is -2.29. The Labute approximate surface area is 67.2 Å². The molecule has 0 aromatic carbocycles. The summed E-state index contributed by atoms with van der Waals surface area (Å²) in [6, 6.07) is 0. The van der Waals surface area contributed by atoms with Gasteiger partial charge in [-0.05, 0) is 12.8 Å². The summed E-state index contributed by atoms with van der Waals surface area (Å²) in [5.74, 6) is 0. The monoisotopic (exact) mass is 157 g/mol. The molecule has 2 aliphatic rings. The van der Waals surface area contributed by atoms with Gasteiger partial charge in [0.2, 0.25) is 0 Å². The summed E-state index contributed by atoms with van der Waals surface area (Å²) in [5, 5.41) is 0. The van der Waals surface area contributed by atoms with Gasteiger partial charge in [-0.15, -0.1) is 0 Å². The maximum atomic E-state index is 5.12. The zero-order chi connectivity index (χ0) is 7.52. The van der Waals surface area contributed by atoms with E-state index in [4.69, 9.17) is 9.78 Å². The summed E-state index contributed by atoms with van der Waals surface area (Å²) < 4.78 is 0. The second-order valence-electron chi connectivity index (χ2n) is 3.26. The molecule has 11 heavy (non-hydrogen) atoms. The molecular formula is C8H15NO2. The fourth-order valence-electron chi connectivity index (χ4n) is 1.77. The minimum Gasteiger partial charge on any atom is -0.276 e. The van der Waals surface area contributed by atoms with Gasteiger partial charge in [-0.1, -0.05) is 6.42 Å². The van der Waals surface area contributed by atoms with E-state index in [1.54, 1.807) is 0 Å². The minimum absolute atomic E-state index is 0.260. The number of hydrogen-bond acceptors (Lipinski definition) is 3. The van der Waals surface area contributed by atoms with Crippen LogP contribution in [0.4, 0.5) is 0 Å². The maximum Gasteiger partial charge on any atom is 0.148 e. The van der Waals surface area contributed by atoms with Crippen molar-refractivity contribution < 1.29 is 9.78 Å². The summed E-state index contributed by atoms with van der Waals surface area (Å²) in [5.41, 5.74) is 0. The van der Waals surface area contributed by atoms with Crippen molar-refractivity contribution in [2.24, 2.45) is 0 Å². The largest absolute Gasteiger partial charge is 0.276 e. The molecule has 2 rings (SSSR count). The lowest BCUT2D eigenvalue weighted by atomic mass is 10.1. The van der Waals surface area contributed by atoms with Crippen molar-refractivity contribution >= 4 is 0 Å². The summed E-state index contributed by atoms with van der Waals surface area (Å²) in [4.78, 5) is 12.4. The van der Waals surface area contributed by atoms with Crippen LogP contribution in [0.3, 0.4) is 0 Å². The molecule has 2 fully saturated rings. The second kappa shape index (κ2) is 3.52. The van der Waals surface area contributed by atoms with Gasteiger partial charge in [-0.25, -0.2) is 9.78 Å². The van der Waals surface area contributed by atoms with Crippen LogP contribution >= 0.6 is 0 Å². The zero-order valence-electron chi connectivity index (χ0n) is 6.79. The number of piperidine rings is 1. The van der Waals surface area contributed by atoms with E-state index >= 15 is 0 Å². The topological polar surface area (TPSA) is 21.7 Å². The van der Waals surface area contributed by atoms with Gasteiger partial charge < -0.3 is 0 Å². The van der Waals surface area contributed by atoms with Crippen molar-refractivity contribution in [2.45, 2.75) is 31.9 Å². The summed E-state index contributed by atoms with van der Waals surface area (Å²) in [6.45, 7) is 3.14. The predicted octanol–water partition coefficient (Wildman–Crippen LogP) is 1.15. The lowest BCUT2D eigenvalue weighted by molar-refractivity contribution is -0.301. The molecule has 3 nitrogen and oxygen atoms in total. The Morgan fingerprint density at radius 2 is 1.91 bits per heavy atom. The Kier molecular flexibility index (Phi) is 2.41. The van der Waals surface area contributed by atoms with E-state index < -0.39 is 0 Å². The van der Waals surface area contributed by atoms with Crippen LogP contribution in [0.2, 0.25) is 0 Å². The van der Waals surface area contributed by atoms with E-state index in [2.05, 4.69) is 4.90 Å². The number of likely N-dealkylation sites (tertiary alicyclic amines) is 1. The molecule has 0 aromatic heterocycles. The Bertz CT molecular complexity index is 117. The molecule has 64 valence electrons.